The molecule has 0 bridgehead atoms. The molecule has 0 radical (unpaired) electrons. The average molecular weight is 282 g/mol. The molecule has 3 rings (SSSR count). The number of hydrogen-bond donors (Lipinski definition) is 1. The van der Waals surface area contributed by atoms with E-state index in [1.54, 1.807) is 13.3 Å². The van der Waals surface area contributed by atoms with Gasteiger partial charge in [-0.2, -0.15) is 0 Å². The average Bonchev–Trinajstić information content (AvgIpc) is 2.85. The van der Waals surface area contributed by atoms with Crippen molar-refractivity contribution in [3.05, 3.63) is 53.9 Å². The van der Waals surface area contributed by atoms with Crippen LogP contribution in [0.1, 0.15) is 24.3 Å². The van der Waals surface area contributed by atoms with Crippen molar-refractivity contribution in [3.8, 4) is 5.88 Å². The first-order valence-corrected chi connectivity index (χ1v) is 6.94. The number of anilines is 1. The third-order valence-corrected chi connectivity index (χ3v) is 3.61. The van der Waals surface area contributed by atoms with Crippen LogP contribution in [-0.2, 0) is 0 Å². The summed E-state index contributed by atoms with van der Waals surface area (Å²) < 4.78 is 11.2. The molecule has 21 heavy (non-hydrogen) atoms. The van der Waals surface area contributed by atoms with E-state index in [0.29, 0.717) is 5.88 Å². The Hall–Kier alpha value is -2.49. The topological polar surface area (TPSA) is 47.3 Å². The molecule has 3 aromatic rings. The number of hydrogen-bond acceptors (Lipinski definition) is 4. The lowest BCUT2D eigenvalue weighted by molar-refractivity contribution is 0.399. The fourth-order valence-electron chi connectivity index (χ4n) is 2.57. The minimum absolute atomic E-state index is 0.0236. The van der Waals surface area contributed by atoms with Crippen LogP contribution in [0.3, 0.4) is 0 Å². The predicted molar refractivity (Wildman–Crippen MR) is 83.8 cm³/mol. The molecule has 2 heterocycles. The highest BCUT2D eigenvalue weighted by atomic mass is 16.5. The molecule has 0 saturated carbocycles. The van der Waals surface area contributed by atoms with Crippen molar-refractivity contribution in [1.82, 2.24) is 4.98 Å². The largest absolute Gasteiger partial charge is 0.480 e. The van der Waals surface area contributed by atoms with Gasteiger partial charge in [0.2, 0.25) is 5.88 Å². The Morgan fingerprint density at radius 3 is 2.76 bits per heavy atom. The first-order chi connectivity index (χ1) is 10.2. The summed E-state index contributed by atoms with van der Waals surface area (Å²) in [6.07, 6.45) is 1.71. The van der Waals surface area contributed by atoms with E-state index in [0.717, 1.165) is 28.0 Å². The predicted octanol–water partition coefficient (Wildman–Crippen LogP) is 4.32. The van der Waals surface area contributed by atoms with E-state index < -0.39 is 0 Å². The lowest BCUT2D eigenvalue weighted by atomic mass is 10.1. The number of methoxy groups -OCH3 is 1. The van der Waals surface area contributed by atoms with Crippen molar-refractivity contribution in [2.45, 2.75) is 19.9 Å². The van der Waals surface area contributed by atoms with Crippen molar-refractivity contribution >= 4 is 16.7 Å². The highest BCUT2D eigenvalue weighted by molar-refractivity contribution is 5.82. The van der Waals surface area contributed by atoms with Gasteiger partial charge in [-0.1, -0.05) is 18.2 Å². The van der Waals surface area contributed by atoms with Crippen LogP contribution in [-0.4, -0.2) is 12.1 Å². The molecule has 0 fully saturated rings. The van der Waals surface area contributed by atoms with Gasteiger partial charge < -0.3 is 14.5 Å². The maximum atomic E-state index is 5.98. The number of aromatic nitrogens is 1. The third-order valence-electron chi connectivity index (χ3n) is 3.61. The van der Waals surface area contributed by atoms with E-state index in [1.807, 2.05) is 30.3 Å². The van der Waals surface area contributed by atoms with Gasteiger partial charge in [0.25, 0.3) is 0 Å². The SMILES string of the molecule is COc1ncccc1NC(C)c1oc2ccccc2c1C. The molecule has 1 unspecified atom stereocenters. The highest BCUT2D eigenvalue weighted by Crippen LogP contribution is 2.32. The summed E-state index contributed by atoms with van der Waals surface area (Å²) in [5.74, 6) is 1.51. The molecule has 0 aliphatic heterocycles. The quantitative estimate of drug-likeness (QED) is 0.774. The van der Waals surface area contributed by atoms with Crippen molar-refractivity contribution in [2.24, 2.45) is 0 Å². The van der Waals surface area contributed by atoms with Crippen LogP contribution in [0.15, 0.2) is 47.0 Å². The fourth-order valence-corrected chi connectivity index (χ4v) is 2.57. The second-order valence-electron chi connectivity index (χ2n) is 5.01. The Morgan fingerprint density at radius 2 is 2.00 bits per heavy atom. The summed E-state index contributed by atoms with van der Waals surface area (Å²) in [5.41, 5.74) is 2.93. The molecule has 1 atom stereocenters. The smallest absolute Gasteiger partial charge is 0.237 e. The molecular weight excluding hydrogens is 264 g/mol. The van der Waals surface area contributed by atoms with Gasteiger partial charge in [0.05, 0.1) is 18.8 Å². The number of nitrogens with one attached hydrogen (secondary N) is 1. The summed E-state index contributed by atoms with van der Waals surface area (Å²) >= 11 is 0. The standard InChI is InChI=1S/C17H18N2O2/c1-11-13-7-4-5-9-15(13)21-16(11)12(2)19-14-8-6-10-18-17(14)20-3/h4-10,12,19H,1-3H3. The molecule has 1 aromatic carbocycles. The van der Waals surface area contributed by atoms with E-state index in [1.165, 1.54) is 0 Å². The van der Waals surface area contributed by atoms with E-state index in [-0.39, 0.29) is 6.04 Å². The summed E-state index contributed by atoms with van der Waals surface area (Å²) in [5, 5.41) is 4.55. The summed E-state index contributed by atoms with van der Waals surface area (Å²) in [6, 6.07) is 11.9. The zero-order chi connectivity index (χ0) is 14.8. The highest BCUT2D eigenvalue weighted by Gasteiger charge is 2.17. The normalized spacial score (nSPS) is 12.3. The number of aryl methyl sites for hydroxylation is 1. The maximum Gasteiger partial charge on any atom is 0.237 e. The minimum Gasteiger partial charge on any atom is -0.480 e. The van der Waals surface area contributed by atoms with Gasteiger partial charge in [0.1, 0.15) is 11.3 Å². The van der Waals surface area contributed by atoms with Crippen LogP contribution < -0.4 is 10.1 Å². The number of nitrogens with zero attached hydrogens (tertiary/aromatic N) is 1. The lowest BCUT2D eigenvalue weighted by Crippen LogP contribution is -2.08. The molecule has 0 aliphatic rings. The Bertz CT molecular complexity index is 764. The number of fused-ring (bicyclic) bond motifs is 1. The van der Waals surface area contributed by atoms with Crippen molar-refractivity contribution in [3.63, 3.8) is 0 Å². The van der Waals surface area contributed by atoms with Crippen LogP contribution in [0.5, 0.6) is 5.88 Å². The summed E-state index contributed by atoms with van der Waals surface area (Å²) in [7, 11) is 1.62. The number of benzene rings is 1. The Labute approximate surface area is 123 Å². The van der Waals surface area contributed by atoms with Crippen molar-refractivity contribution < 1.29 is 9.15 Å². The van der Waals surface area contributed by atoms with Gasteiger partial charge in [-0.3, -0.25) is 0 Å². The zero-order valence-electron chi connectivity index (χ0n) is 12.4. The van der Waals surface area contributed by atoms with Crippen LogP contribution in [0.2, 0.25) is 0 Å². The number of ether oxygens (including phenoxy) is 1. The second-order valence-corrected chi connectivity index (χ2v) is 5.01. The van der Waals surface area contributed by atoms with E-state index in [2.05, 4.69) is 30.2 Å². The Kier molecular flexibility index (Phi) is 3.52. The minimum atomic E-state index is 0.0236. The number of rotatable bonds is 4. The van der Waals surface area contributed by atoms with Gasteiger partial charge >= 0.3 is 0 Å². The molecule has 108 valence electrons. The van der Waals surface area contributed by atoms with Crippen LogP contribution in [0.25, 0.3) is 11.0 Å². The Morgan fingerprint density at radius 1 is 1.19 bits per heavy atom. The number of pyridine rings is 1. The number of para-hydroxylation sites is 1. The zero-order valence-corrected chi connectivity index (χ0v) is 12.4. The van der Waals surface area contributed by atoms with E-state index in [4.69, 9.17) is 9.15 Å². The van der Waals surface area contributed by atoms with Gasteiger partial charge in [-0.05, 0) is 32.0 Å². The fraction of sp³-hybridized carbons (Fsp3) is 0.235. The maximum absolute atomic E-state index is 5.98. The third kappa shape index (κ3) is 2.44. The molecule has 0 amide bonds. The molecule has 4 nitrogen and oxygen atoms in total. The second kappa shape index (κ2) is 5.48. The molecule has 0 spiro atoms. The van der Waals surface area contributed by atoms with Crippen LogP contribution in [0.4, 0.5) is 5.69 Å². The van der Waals surface area contributed by atoms with Crippen LogP contribution in [0, 0.1) is 6.92 Å². The van der Waals surface area contributed by atoms with Gasteiger partial charge in [-0.15, -0.1) is 0 Å². The first kappa shape index (κ1) is 13.5. The summed E-state index contributed by atoms with van der Waals surface area (Å²) in [4.78, 5) is 4.19. The first-order valence-electron chi connectivity index (χ1n) is 6.94. The van der Waals surface area contributed by atoms with Crippen molar-refractivity contribution in [1.29, 1.82) is 0 Å². The van der Waals surface area contributed by atoms with E-state index >= 15 is 0 Å². The molecule has 0 saturated heterocycles. The monoisotopic (exact) mass is 282 g/mol. The molecule has 2 aromatic heterocycles. The molecule has 1 N–H and O–H groups in total. The van der Waals surface area contributed by atoms with Gasteiger partial charge in [0.15, 0.2) is 0 Å². The summed E-state index contributed by atoms with van der Waals surface area (Å²) in [6.45, 7) is 4.15. The Balaban J connectivity index is 1.93. The van der Waals surface area contributed by atoms with Crippen molar-refractivity contribution in [2.75, 3.05) is 12.4 Å². The van der Waals surface area contributed by atoms with Crippen LogP contribution >= 0.6 is 0 Å². The molecule has 4 heteroatoms. The van der Waals surface area contributed by atoms with E-state index in [9.17, 15) is 0 Å². The lowest BCUT2D eigenvalue weighted by Gasteiger charge is -2.15. The molecule has 0 aliphatic carbocycles. The van der Waals surface area contributed by atoms with Gasteiger partial charge in [-0.25, -0.2) is 4.98 Å². The molecular formula is C17H18N2O2. The number of furan rings is 1. The van der Waals surface area contributed by atoms with Gasteiger partial charge in [0, 0.05) is 17.1 Å².